The van der Waals surface area contributed by atoms with Gasteiger partial charge in [0, 0.05) is 28.5 Å². The second-order valence-electron chi connectivity index (χ2n) is 9.16. The number of ether oxygens (including phenoxy) is 2. The second-order valence-corrected chi connectivity index (χ2v) is 11.6. The smallest absolute Gasteiger partial charge is 0.255 e. The molecule has 1 fully saturated rings. The van der Waals surface area contributed by atoms with Crippen LogP contribution in [0.15, 0.2) is 83.2 Å². The number of hydrogen-bond acceptors (Lipinski definition) is 8. The number of aryl methyl sites for hydroxylation is 1. The number of aliphatic hydroxyl groups is 1. The van der Waals surface area contributed by atoms with E-state index in [-0.39, 0.29) is 30.6 Å². The summed E-state index contributed by atoms with van der Waals surface area (Å²) >= 11 is 3.22. The molecule has 0 aliphatic carbocycles. The number of nitrogens with one attached hydrogen (secondary N) is 1. The molecule has 0 saturated carbocycles. The van der Waals surface area contributed by atoms with Crippen LogP contribution in [0.3, 0.4) is 0 Å². The SMILES string of the molecule is Cc1nnc(SC[C@H]2O[C@@H](c3ccc(NC(=O)c4ccccc4)cc3)O[C@@H](c3ccc(CO)cc3)[C@H]2C)s1. The van der Waals surface area contributed by atoms with Gasteiger partial charge in [0.25, 0.3) is 5.91 Å². The summed E-state index contributed by atoms with van der Waals surface area (Å²) in [4.78, 5) is 12.5. The van der Waals surface area contributed by atoms with Crippen molar-refractivity contribution in [1.82, 2.24) is 10.2 Å². The van der Waals surface area contributed by atoms with Crippen LogP contribution < -0.4 is 5.32 Å². The fourth-order valence-corrected chi connectivity index (χ4v) is 6.32. The van der Waals surface area contributed by atoms with E-state index in [1.807, 2.05) is 73.7 Å². The van der Waals surface area contributed by atoms with Crippen LogP contribution in [-0.2, 0) is 16.1 Å². The van der Waals surface area contributed by atoms with Crippen molar-refractivity contribution in [3.8, 4) is 0 Å². The lowest BCUT2D eigenvalue weighted by Gasteiger charge is -2.41. The molecule has 3 aromatic carbocycles. The van der Waals surface area contributed by atoms with Gasteiger partial charge in [-0.3, -0.25) is 4.79 Å². The van der Waals surface area contributed by atoms with Gasteiger partial charge in [-0.1, -0.05) is 84.6 Å². The third kappa shape index (κ3) is 6.31. The van der Waals surface area contributed by atoms with Crippen LogP contribution in [0.2, 0.25) is 0 Å². The van der Waals surface area contributed by atoms with Gasteiger partial charge in [-0.15, -0.1) is 10.2 Å². The molecule has 0 unspecified atom stereocenters. The molecule has 196 valence electrons. The van der Waals surface area contributed by atoms with Crippen LogP contribution in [0.1, 0.15) is 51.4 Å². The van der Waals surface area contributed by atoms with Gasteiger partial charge in [0.05, 0.1) is 18.8 Å². The quantitative estimate of drug-likeness (QED) is 0.255. The lowest BCUT2D eigenvalue weighted by atomic mass is 9.91. The molecule has 9 heteroatoms. The summed E-state index contributed by atoms with van der Waals surface area (Å²) in [5.41, 5.74) is 4.06. The minimum Gasteiger partial charge on any atom is -0.392 e. The van der Waals surface area contributed by atoms with Crippen LogP contribution in [0, 0.1) is 12.8 Å². The highest BCUT2D eigenvalue weighted by Gasteiger charge is 2.38. The Bertz CT molecular complexity index is 1350. The maximum absolute atomic E-state index is 12.5. The van der Waals surface area contributed by atoms with E-state index in [9.17, 15) is 9.90 Å². The number of hydrogen-bond donors (Lipinski definition) is 2. The van der Waals surface area contributed by atoms with Crippen LogP contribution in [0.4, 0.5) is 5.69 Å². The van der Waals surface area contributed by atoms with E-state index in [4.69, 9.17) is 9.47 Å². The van der Waals surface area contributed by atoms with Crippen molar-refractivity contribution in [1.29, 1.82) is 0 Å². The molecule has 0 bridgehead atoms. The zero-order chi connectivity index (χ0) is 26.5. The lowest BCUT2D eigenvalue weighted by molar-refractivity contribution is -0.268. The fraction of sp³-hybridized carbons (Fsp3) is 0.276. The van der Waals surface area contributed by atoms with Crippen LogP contribution >= 0.6 is 23.1 Å². The molecule has 1 amide bonds. The van der Waals surface area contributed by atoms with Crippen molar-refractivity contribution in [2.75, 3.05) is 11.1 Å². The predicted octanol–water partition coefficient (Wildman–Crippen LogP) is 6.17. The minimum atomic E-state index is -0.575. The molecule has 7 nitrogen and oxygen atoms in total. The highest BCUT2D eigenvalue weighted by Crippen LogP contribution is 2.43. The Morgan fingerprint density at radius 3 is 2.34 bits per heavy atom. The monoisotopic (exact) mass is 547 g/mol. The highest BCUT2D eigenvalue weighted by molar-refractivity contribution is 8.01. The molecule has 2 heterocycles. The summed E-state index contributed by atoms with van der Waals surface area (Å²) in [6.07, 6.45) is -0.863. The maximum atomic E-state index is 12.5. The largest absolute Gasteiger partial charge is 0.392 e. The number of thioether (sulfide) groups is 1. The van der Waals surface area contributed by atoms with E-state index in [1.54, 1.807) is 35.2 Å². The molecule has 0 spiro atoms. The molecule has 5 rings (SSSR count). The van der Waals surface area contributed by atoms with E-state index in [0.717, 1.165) is 26.0 Å². The number of rotatable bonds is 8. The summed E-state index contributed by atoms with van der Waals surface area (Å²) in [6.45, 7) is 4.09. The number of benzene rings is 3. The average molecular weight is 548 g/mol. The Labute approximate surface area is 230 Å². The van der Waals surface area contributed by atoms with Gasteiger partial charge in [-0.25, -0.2) is 0 Å². The molecule has 38 heavy (non-hydrogen) atoms. The second kappa shape index (κ2) is 12.2. The first-order valence-corrected chi connectivity index (χ1v) is 14.2. The first-order valence-electron chi connectivity index (χ1n) is 12.4. The van der Waals surface area contributed by atoms with Gasteiger partial charge < -0.3 is 19.9 Å². The molecule has 2 N–H and O–H groups in total. The highest BCUT2D eigenvalue weighted by atomic mass is 32.2. The Morgan fingerprint density at radius 1 is 0.974 bits per heavy atom. The van der Waals surface area contributed by atoms with E-state index in [1.165, 1.54) is 0 Å². The topological polar surface area (TPSA) is 93.6 Å². The molecule has 1 aliphatic rings. The Kier molecular flexibility index (Phi) is 8.51. The molecule has 0 radical (unpaired) electrons. The van der Waals surface area contributed by atoms with Crippen LogP contribution in [0.25, 0.3) is 0 Å². The third-order valence-corrected chi connectivity index (χ3v) is 8.54. The number of carbonyl (C=O) groups is 1. The maximum Gasteiger partial charge on any atom is 0.255 e. The predicted molar refractivity (Wildman–Crippen MR) is 149 cm³/mol. The number of aliphatic hydroxyl groups excluding tert-OH is 1. The van der Waals surface area contributed by atoms with Crippen molar-refractivity contribution in [2.45, 2.75) is 43.3 Å². The van der Waals surface area contributed by atoms with Crippen molar-refractivity contribution in [3.63, 3.8) is 0 Å². The van der Waals surface area contributed by atoms with Gasteiger partial charge in [0.1, 0.15) is 5.01 Å². The Balaban J connectivity index is 1.34. The van der Waals surface area contributed by atoms with Crippen molar-refractivity contribution in [2.24, 2.45) is 5.92 Å². The molecular formula is C29H29N3O4S2. The van der Waals surface area contributed by atoms with Gasteiger partial charge in [-0.2, -0.15) is 0 Å². The molecule has 4 atom stereocenters. The van der Waals surface area contributed by atoms with E-state index in [2.05, 4.69) is 22.4 Å². The first kappa shape index (κ1) is 26.5. The summed E-state index contributed by atoms with van der Waals surface area (Å²) in [6, 6.07) is 24.6. The number of anilines is 1. The van der Waals surface area contributed by atoms with Gasteiger partial charge in [0.15, 0.2) is 10.6 Å². The molecule has 1 saturated heterocycles. The molecular weight excluding hydrogens is 518 g/mol. The Morgan fingerprint density at radius 2 is 1.68 bits per heavy atom. The number of carbonyl (C=O) groups excluding carboxylic acids is 1. The molecule has 1 aliphatic heterocycles. The normalized spacial score (nSPS) is 21.2. The van der Waals surface area contributed by atoms with E-state index in [0.29, 0.717) is 17.0 Å². The van der Waals surface area contributed by atoms with Crippen molar-refractivity contribution in [3.05, 3.63) is 106 Å². The summed E-state index contributed by atoms with van der Waals surface area (Å²) in [5.74, 6) is 0.636. The Hall–Kier alpha value is -3.08. The zero-order valence-corrected chi connectivity index (χ0v) is 22.7. The van der Waals surface area contributed by atoms with E-state index >= 15 is 0 Å². The lowest BCUT2D eigenvalue weighted by Crippen LogP contribution is -2.38. The number of amides is 1. The standard InChI is InChI=1S/C29H29N3O4S2/c1-18-25(17-37-29-32-31-19(2)38-29)35-28(36-26(18)21-10-8-20(16-33)9-11-21)23-12-14-24(15-13-23)30-27(34)22-6-4-3-5-7-22/h3-15,18,25-26,28,33H,16-17H2,1-2H3,(H,30,34)/t18-,25+,26+,28+/m0/s1. The van der Waals surface area contributed by atoms with Crippen molar-refractivity contribution < 1.29 is 19.4 Å². The molecule has 1 aromatic heterocycles. The summed E-state index contributed by atoms with van der Waals surface area (Å²) in [7, 11) is 0. The average Bonchev–Trinajstić information content (AvgIpc) is 3.38. The zero-order valence-electron chi connectivity index (χ0n) is 21.1. The fourth-order valence-electron chi connectivity index (χ4n) is 4.32. The van der Waals surface area contributed by atoms with E-state index < -0.39 is 6.29 Å². The molecule has 4 aromatic rings. The van der Waals surface area contributed by atoms with Gasteiger partial charge in [-0.05, 0) is 42.3 Å². The third-order valence-electron chi connectivity index (χ3n) is 6.48. The number of nitrogens with zero attached hydrogens (tertiary/aromatic N) is 2. The summed E-state index contributed by atoms with van der Waals surface area (Å²) < 4.78 is 13.9. The van der Waals surface area contributed by atoms with Crippen LogP contribution in [0.5, 0.6) is 0 Å². The minimum absolute atomic E-state index is 0.000778. The number of aromatic nitrogens is 2. The summed E-state index contributed by atoms with van der Waals surface area (Å²) in [5, 5.41) is 21.7. The first-order chi connectivity index (χ1) is 18.5. The van der Waals surface area contributed by atoms with Gasteiger partial charge >= 0.3 is 0 Å². The van der Waals surface area contributed by atoms with Gasteiger partial charge in [0.2, 0.25) is 0 Å². The van der Waals surface area contributed by atoms with Crippen molar-refractivity contribution >= 4 is 34.7 Å². The van der Waals surface area contributed by atoms with Crippen LogP contribution in [-0.4, -0.2) is 33.1 Å².